The van der Waals surface area contributed by atoms with Gasteiger partial charge in [-0.1, -0.05) is 35.3 Å². The number of nitrogens with zero attached hydrogens (tertiary/aromatic N) is 2. The maximum Gasteiger partial charge on any atom is 0.310 e. The molecule has 1 aromatic heterocycles. The Hall–Kier alpha value is -3.36. The van der Waals surface area contributed by atoms with Crippen LogP contribution >= 0.6 is 23.2 Å². The molecule has 0 spiro atoms. The van der Waals surface area contributed by atoms with Crippen LogP contribution in [0.3, 0.4) is 0 Å². The van der Waals surface area contributed by atoms with Crippen molar-refractivity contribution in [2.24, 2.45) is 5.10 Å². The molecule has 2 aromatic carbocycles. The number of halogens is 2. The average molecular weight is 434 g/mol. The Labute approximate surface area is 174 Å². The van der Waals surface area contributed by atoms with Crippen molar-refractivity contribution < 1.29 is 18.9 Å². The molecule has 10 heteroatoms. The minimum Gasteiger partial charge on any atom is -0.477 e. The summed E-state index contributed by atoms with van der Waals surface area (Å²) in [6, 6.07) is 14.1. The zero-order valence-corrected chi connectivity index (χ0v) is 16.2. The molecule has 0 fully saturated rings. The van der Waals surface area contributed by atoms with Crippen LogP contribution in [0.4, 0.5) is 5.69 Å². The summed E-state index contributed by atoms with van der Waals surface area (Å²) in [6.45, 7) is -0.439. The van der Waals surface area contributed by atoms with Gasteiger partial charge in [-0.25, -0.2) is 5.43 Å². The molecule has 0 aliphatic carbocycles. The molecule has 1 amide bonds. The van der Waals surface area contributed by atoms with Gasteiger partial charge in [-0.3, -0.25) is 14.9 Å². The summed E-state index contributed by atoms with van der Waals surface area (Å²) < 4.78 is 10.8. The molecular weight excluding hydrogens is 421 g/mol. The first-order valence-electron chi connectivity index (χ1n) is 8.17. The second-order valence-corrected chi connectivity index (χ2v) is 6.48. The summed E-state index contributed by atoms with van der Waals surface area (Å²) in [5.74, 6) is 0.296. The number of hydrogen-bond donors (Lipinski definition) is 1. The standard InChI is InChI=1S/C19H13Cl2N3O5/c20-12-5-7-14(15(21)9-12)17-8-6-13(29-17)10-22-23-19(25)11-28-18-4-2-1-3-16(18)24(26)27/h1-10H,11H2,(H,23,25)/b22-10+. The zero-order chi connectivity index (χ0) is 20.8. The Bertz CT molecular complexity index is 1080. The number of para-hydroxylation sites is 2. The fourth-order valence-electron chi connectivity index (χ4n) is 2.33. The number of benzene rings is 2. The summed E-state index contributed by atoms with van der Waals surface area (Å²) in [7, 11) is 0. The van der Waals surface area contributed by atoms with Crippen molar-refractivity contribution in [3.05, 3.63) is 80.5 Å². The van der Waals surface area contributed by atoms with Gasteiger partial charge >= 0.3 is 5.69 Å². The van der Waals surface area contributed by atoms with Gasteiger partial charge in [0.2, 0.25) is 0 Å². The molecule has 0 radical (unpaired) electrons. The van der Waals surface area contributed by atoms with E-state index < -0.39 is 17.4 Å². The van der Waals surface area contributed by atoms with Gasteiger partial charge in [0.05, 0.1) is 16.2 Å². The van der Waals surface area contributed by atoms with Crippen molar-refractivity contribution in [1.29, 1.82) is 0 Å². The van der Waals surface area contributed by atoms with Gasteiger partial charge in [0.25, 0.3) is 5.91 Å². The Morgan fingerprint density at radius 3 is 2.76 bits per heavy atom. The Morgan fingerprint density at radius 2 is 2.00 bits per heavy atom. The second-order valence-electron chi connectivity index (χ2n) is 5.63. The van der Waals surface area contributed by atoms with E-state index in [1.165, 1.54) is 24.4 Å². The van der Waals surface area contributed by atoms with E-state index in [1.807, 2.05) is 0 Å². The number of hydrogen-bond acceptors (Lipinski definition) is 6. The minimum atomic E-state index is -0.591. The number of amides is 1. The molecule has 0 aliphatic heterocycles. The fourth-order valence-corrected chi connectivity index (χ4v) is 2.83. The number of furan rings is 1. The first-order chi connectivity index (χ1) is 13.9. The van der Waals surface area contributed by atoms with Crippen LogP contribution < -0.4 is 10.2 Å². The Kier molecular flexibility index (Phi) is 6.48. The maximum atomic E-state index is 11.8. The van der Waals surface area contributed by atoms with Crippen molar-refractivity contribution in [1.82, 2.24) is 5.43 Å². The van der Waals surface area contributed by atoms with Crippen LogP contribution in [0.25, 0.3) is 11.3 Å². The third-order valence-corrected chi connectivity index (χ3v) is 4.17. The van der Waals surface area contributed by atoms with Gasteiger partial charge in [0, 0.05) is 16.7 Å². The first kappa shape index (κ1) is 20.4. The number of ether oxygens (including phenoxy) is 1. The molecule has 1 heterocycles. The largest absolute Gasteiger partial charge is 0.477 e. The molecule has 3 rings (SSSR count). The second kappa shape index (κ2) is 9.22. The molecule has 0 unspecified atom stereocenters. The lowest BCUT2D eigenvalue weighted by Gasteiger charge is -2.05. The van der Waals surface area contributed by atoms with Gasteiger partial charge in [0.15, 0.2) is 12.4 Å². The van der Waals surface area contributed by atoms with Crippen LogP contribution in [-0.2, 0) is 4.79 Å². The van der Waals surface area contributed by atoms with Crippen molar-refractivity contribution in [2.75, 3.05) is 6.61 Å². The third-order valence-electron chi connectivity index (χ3n) is 3.63. The summed E-state index contributed by atoms with van der Waals surface area (Å²) in [5, 5.41) is 15.6. The summed E-state index contributed by atoms with van der Waals surface area (Å²) >= 11 is 12.0. The van der Waals surface area contributed by atoms with Gasteiger partial charge in [-0.05, 0) is 36.4 Å². The molecule has 0 bridgehead atoms. The van der Waals surface area contributed by atoms with E-state index in [2.05, 4.69) is 10.5 Å². The highest BCUT2D eigenvalue weighted by molar-refractivity contribution is 6.36. The summed E-state index contributed by atoms with van der Waals surface area (Å²) in [6.07, 6.45) is 1.30. The number of nitro benzene ring substituents is 1. The topological polar surface area (TPSA) is 107 Å². The minimum absolute atomic E-state index is 0.00727. The number of nitro groups is 1. The Morgan fingerprint density at radius 1 is 1.21 bits per heavy atom. The van der Waals surface area contributed by atoms with Crippen molar-refractivity contribution in [3.8, 4) is 17.1 Å². The van der Waals surface area contributed by atoms with E-state index in [9.17, 15) is 14.9 Å². The van der Waals surface area contributed by atoms with Crippen LogP contribution in [0.5, 0.6) is 5.75 Å². The normalized spacial score (nSPS) is 10.8. The molecule has 3 aromatic rings. The van der Waals surface area contributed by atoms with E-state index in [-0.39, 0.29) is 11.4 Å². The lowest BCUT2D eigenvalue weighted by Crippen LogP contribution is -2.24. The Balaban J connectivity index is 1.56. The number of nitrogens with one attached hydrogen (secondary N) is 1. The molecule has 0 atom stereocenters. The van der Waals surface area contributed by atoms with E-state index in [0.717, 1.165) is 0 Å². The molecule has 0 aliphatic rings. The highest BCUT2D eigenvalue weighted by Gasteiger charge is 2.14. The van der Waals surface area contributed by atoms with E-state index in [0.29, 0.717) is 27.1 Å². The van der Waals surface area contributed by atoms with Gasteiger partial charge in [0.1, 0.15) is 11.5 Å². The van der Waals surface area contributed by atoms with Gasteiger partial charge in [-0.2, -0.15) is 5.10 Å². The summed E-state index contributed by atoms with van der Waals surface area (Å²) in [5.41, 5.74) is 2.69. The van der Waals surface area contributed by atoms with Crippen LogP contribution in [0, 0.1) is 10.1 Å². The number of rotatable bonds is 7. The number of carbonyl (C=O) groups is 1. The highest BCUT2D eigenvalue weighted by atomic mass is 35.5. The number of carbonyl (C=O) groups excluding carboxylic acids is 1. The van der Waals surface area contributed by atoms with Crippen molar-refractivity contribution >= 4 is 41.0 Å². The molecule has 1 N–H and O–H groups in total. The quantitative estimate of drug-likeness (QED) is 0.330. The highest BCUT2D eigenvalue weighted by Crippen LogP contribution is 2.31. The predicted molar refractivity (Wildman–Crippen MR) is 108 cm³/mol. The summed E-state index contributed by atoms with van der Waals surface area (Å²) in [4.78, 5) is 22.1. The zero-order valence-electron chi connectivity index (χ0n) is 14.7. The monoisotopic (exact) mass is 433 g/mol. The molecule has 0 saturated heterocycles. The molecular formula is C19H13Cl2N3O5. The van der Waals surface area contributed by atoms with Gasteiger partial charge in [-0.15, -0.1) is 0 Å². The lowest BCUT2D eigenvalue weighted by atomic mass is 10.2. The van der Waals surface area contributed by atoms with E-state index in [1.54, 1.807) is 36.4 Å². The van der Waals surface area contributed by atoms with Crippen LogP contribution in [-0.4, -0.2) is 23.7 Å². The fraction of sp³-hybridized carbons (Fsp3) is 0.0526. The van der Waals surface area contributed by atoms with Crippen LogP contribution in [0.1, 0.15) is 5.76 Å². The van der Waals surface area contributed by atoms with Crippen molar-refractivity contribution in [2.45, 2.75) is 0 Å². The molecule has 0 saturated carbocycles. The number of hydrazone groups is 1. The average Bonchev–Trinajstić information content (AvgIpc) is 3.15. The first-order valence-corrected chi connectivity index (χ1v) is 8.93. The lowest BCUT2D eigenvalue weighted by molar-refractivity contribution is -0.385. The van der Waals surface area contributed by atoms with Crippen LogP contribution in [0.15, 0.2) is 64.1 Å². The molecule has 29 heavy (non-hydrogen) atoms. The van der Waals surface area contributed by atoms with Crippen LogP contribution in [0.2, 0.25) is 10.0 Å². The predicted octanol–water partition coefficient (Wildman–Crippen LogP) is 4.69. The van der Waals surface area contributed by atoms with E-state index in [4.69, 9.17) is 32.4 Å². The molecule has 8 nitrogen and oxygen atoms in total. The maximum absolute atomic E-state index is 11.8. The van der Waals surface area contributed by atoms with E-state index >= 15 is 0 Å². The van der Waals surface area contributed by atoms with Gasteiger partial charge < -0.3 is 9.15 Å². The molecule has 148 valence electrons. The smallest absolute Gasteiger partial charge is 0.310 e. The van der Waals surface area contributed by atoms with Crippen molar-refractivity contribution in [3.63, 3.8) is 0 Å². The third kappa shape index (κ3) is 5.34. The SMILES string of the molecule is O=C(COc1ccccc1[N+](=O)[O-])N/N=C/c1ccc(-c2ccc(Cl)cc2Cl)o1.